The topological polar surface area (TPSA) is 97.3 Å². The molecule has 1 aliphatic carbocycles. The standard InChI is InChI=1S/C44H42N4O2/c1-41(2)30-18-19-31(45-30)42(3,4)33-22-23-35(47-33)44(7,8)40-26(24-36(48-40)43(5,6)34-21-20-32(41)46-34)17-16-25-12-11-15-29-37(25)39(50)28-14-10-9-13-27(28)38(29)49/h9-15,18-24,45-48H,1-8H3. The molecule has 50 heavy (non-hydrogen) atoms. The summed E-state index contributed by atoms with van der Waals surface area (Å²) in [5, 5.41) is 0. The number of carbonyl (C=O) groups excluding carboxylic acids is 2. The Labute approximate surface area is 293 Å². The molecule has 0 unspecified atom stereocenters. The number of rotatable bonds is 0. The minimum atomic E-state index is -0.492. The second kappa shape index (κ2) is 10.5. The molecule has 0 atom stereocenters. The van der Waals surface area contributed by atoms with Crippen LogP contribution in [0.2, 0.25) is 0 Å². The lowest BCUT2D eigenvalue weighted by Gasteiger charge is -2.28. The Morgan fingerprint density at radius 2 is 0.840 bits per heavy atom. The van der Waals surface area contributed by atoms with Crippen molar-refractivity contribution in [1.29, 1.82) is 0 Å². The zero-order chi connectivity index (χ0) is 35.4. The molecule has 5 heterocycles. The number of ketones is 2. The maximum atomic E-state index is 13.8. The van der Waals surface area contributed by atoms with E-state index in [0.29, 0.717) is 27.8 Å². The Kier molecular flexibility index (Phi) is 6.65. The summed E-state index contributed by atoms with van der Waals surface area (Å²) in [5.41, 5.74) is 10.2. The maximum Gasteiger partial charge on any atom is 0.195 e. The van der Waals surface area contributed by atoms with E-state index < -0.39 is 10.8 Å². The fraction of sp³-hybridized carbons (Fsp3) is 0.273. The number of carbonyl (C=O) groups is 2. The average Bonchev–Trinajstić information content (AvgIpc) is 3.91. The molecule has 4 N–H and O–H groups in total. The highest BCUT2D eigenvalue weighted by Gasteiger charge is 2.38. The molecule has 8 bridgehead atoms. The van der Waals surface area contributed by atoms with E-state index in [1.807, 2.05) is 12.1 Å². The van der Waals surface area contributed by atoms with Gasteiger partial charge in [0.05, 0.1) is 0 Å². The van der Waals surface area contributed by atoms with Crippen LogP contribution in [-0.2, 0) is 21.7 Å². The van der Waals surface area contributed by atoms with Gasteiger partial charge in [0.15, 0.2) is 11.6 Å². The SMILES string of the molecule is CC1(C)c2ccc([nH]2)C(C)(C)c2ccc([nH]2)C(C)(C)c2[nH]c(cc2C#Cc2cccc3c2C(=O)c2ccccc2C3=O)C(C)(C)c2ccc1[nH]2. The fourth-order valence-corrected chi connectivity index (χ4v) is 7.71. The highest BCUT2D eigenvalue weighted by molar-refractivity contribution is 6.29. The van der Waals surface area contributed by atoms with Crippen molar-refractivity contribution >= 4 is 11.6 Å². The van der Waals surface area contributed by atoms with Gasteiger partial charge in [0.25, 0.3) is 0 Å². The molecular weight excluding hydrogens is 617 g/mol. The van der Waals surface area contributed by atoms with Gasteiger partial charge in [0.1, 0.15) is 0 Å². The van der Waals surface area contributed by atoms with Crippen LogP contribution in [-0.4, -0.2) is 31.5 Å². The predicted molar refractivity (Wildman–Crippen MR) is 197 cm³/mol. The molecule has 6 heteroatoms. The lowest BCUT2D eigenvalue weighted by Crippen LogP contribution is -2.26. The van der Waals surface area contributed by atoms with Crippen molar-refractivity contribution < 1.29 is 9.59 Å². The Morgan fingerprint density at radius 3 is 1.36 bits per heavy atom. The Balaban J connectivity index is 1.32. The van der Waals surface area contributed by atoms with Crippen LogP contribution in [0.1, 0.15) is 144 Å². The summed E-state index contributed by atoms with van der Waals surface area (Å²) in [6.07, 6.45) is 0. The lowest BCUT2D eigenvalue weighted by atomic mass is 9.81. The van der Waals surface area contributed by atoms with Crippen molar-refractivity contribution in [3.63, 3.8) is 0 Å². The van der Waals surface area contributed by atoms with E-state index in [-0.39, 0.29) is 22.4 Å². The van der Waals surface area contributed by atoms with E-state index in [9.17, 15) is 9.59 Å². The van der Waals surface area contributed by atoms with Gasteiger partial charge in [0.2, 0.25) is 0 Å². The van der Waals surface area contributed by atoms with E-state index >= 15 is 0 Å². The van der Waals surface area contributed by atoms with E-state index in [0.717, 1.165) is 51.1 Å². The van der Waals surface area contributed by atoms with Crippen molar-refractivity contribution in [2.75, 3.05) is 0 Å². The first kappa shape index (κ1) is 31.7. The van der Waals surface area contributed by atoms with Gasteiger partial charge in [-0.25, -0.2) is 0 Å². The van der Waals surface area contributed by atoms with Crippen molar-refractivity contribution in [1.82, 2.24) is 19.9 Å². The molecule has 6 aromatic rings. The first-order valence-corrected chi connectivity index (χ1v) is 17.3. The summed E-state index contributed by atoms with van der Waals surface area (Å²) in [4.78, 5) is 42.4. The largest absolute Gasteiger partial charge is 0.361 e. The smallest absolute Gasteiger partial charge is 0.195 e. The van der Waals surface area contributed by atoms with Crippen LogP contribution in [0.4, 0.5) is 0 Å². The number of H-pyrrole nitrogens is 4. The van der Waals surface area contributed by atoms with E-state index in [1.165, 1.54) is 0 Å². The van der Waals surface area contributed by atoms with Crippen LogP contribution in [0.15, 0.2) is 84.9 Å². The second-order valence-electron chi connectivity index (χ2n) is 16.0. The van der Waals surface area contributed by atoms with Crippen LogP contribution in [0.25, 0.3) is 0 Å². The second-order valence-corrected chi connectivity index (χ2v) is 16.0. The molecule has 6 nitrogen and oxygen atoms in total. The fourth-order valence-electron chi connectivity index (χ4n) is 7.71. The summed E-state index contributed by atoms with van der Waals surface area (Å²) in [7, 11) is 0. The van der Waals surface area contributed by atoms with Gasteiger partial charge in [0, 0.05) is 101 Å². The summed E-state index contributed by atoms with van der Waals surface area (Å²) >= 11 is 0. The highest BCUT2D eigenvalue weighted by Crippen LogP contribution is 2.42. The lowest BCUT2D eigenvalue weighted by molar-refractivity contribution is 0.0979. The van der Waals surface area contributed by atoms with E-state index in [4.69, 9.17) is 0 Å². The van der Waals surface area contributed by atoms with Gasteiger partial charge >= 0.3 is 0 Å². The average molecular weight is 659 g/mol. The normalized spacial score (nSPS) is 17.8. The number of hydrogen-bond acceptors (Lipinski definition) is 2. The van der Waals surface area contributed by atoms with Crippen LogP contribution in [0.5, 0.6) is 0 Å². The van der Waals surface area contributed by atoms with Crippen molar-refractivity contribution in [2.24, 2.45) is 0 Å². The zero-order valence-electron chi connectivity index (χ0n) is 29.9. The van der Waals surface area contributed by atoms with Crippen molar-refractivity contribution in [2.45, 2.75) is 77.0 Å². The van der Waals surface area contributed by atoms with Gasteiger partial charge in [-0.2, -0.15) is 0 Å². The molecule has 0 saturated heterocycles. The summed E-state index contributed by atoms with van der Waals surface area (Å²) in [5.74, 6) is 6.50. The molecule has 8 rings (SSSR count). The molecular formula is C44H42N4O2. The predicted octanol–water partition coefficient (Wildman–Crippen LogP) is 8.79. The van der Waals surface area contributed by atoms with Crippen molar-refractivity contribution in [3.8, 4) is 11.8 Å². The molecule has 4 aromatic heterocycles. The molecule has 1 aliphatic heterocycles. The summed E-state index contributed by atoms with van der Waals surface area (Å²) in [6, 6.07) is 27.7. The number of aromatic nitrogens is 4. The van der Waals surface area contributed by atoms with Gasteiger partial charge in [-0.3, -0.25) is 9.59 Å². The Hall–Kier alpha value is -5.54. The van der Waals surface area contributed by atoms with Gasteiger partial charge in [-0.05, 0) is 104 Å². The van der Waals surface area contributed by atoms with Crippen LogP contribution in [0.3, 0.4) is 0 Å². The zero-order valence-corrected chi connectivity index (χ0v) is 29.9. The first-order valence-electron chi connectivity index (χ1n) is 17.3. The number of nitrogens with one attached hydrogen (secondary N) is 4. The molecule has 0 fully saturated rings. The first-order chi connectivity index (χ1) is 23.6. The maximum absolute atomic E-state index is 13.8. The molecule has 0 amide bonds. The van der Waals surface area contributed by atoms with Gasteiger partial charge in [-0.15, -0.1) is 0 Å². The van der Waals surface area contributed by atoms with E-state index in [2.05, 4.69) is 130 Å². The molecule has 2 aromatic carbocycles. The summed E-state index contributed by atoms with van der Waals surface area (Å²) in [6.45, 7) is 17.8. The third-order valence-electron chi connectivity index (χ3n) is 11.5. The quantitative estimate of drug-likeness (QED) is 0.123. The Bertz CT molecular complexity index is 2440. The van der Waals surface area contributed by atoms with Crippen LogP contribution < -0.4 is 0 Å². The number of hydrogen-bond donors (Lipinski definition) is 4. The molecule has 250 valence electrons. The molecule has 0 spiro atoms. The van der Waals surface area contributed by atoms with E-state index in [1.54, 1.807) is 30.3 Å². The van der Waals surface area contributed by atoms with Crippen LogP contribution in [0, 0.1) is 11.8 Å². The van der Waals surface area contributed by atoms with Gasteiger partial charge < -0.3 is 19.9 Å². The molecule has 0 radical (unpaired) electrons. The highest BCUT2D eigenvalue weighted by atomic mass is 16.1. The minimum Gasteiger partial charge on any atom is -0.361 e. The third kappa shape index (κ3) is 4.49. The third-order valence-corrected chi connectivity index (χ3v) is 11.5. The van der Waals surface area contributed by atoms with Crippen molar-refractivity contribution in [3.05, 3.63) is 164 Å². The number of benzene rings is 2. The monoisotopic (exact) mass is 658 g/mol. The number of fused-ring (bicyclic) bond motifs is 10. The Morgan fingerprint density at radius 1 is 0.420 bits per heavy atom. The number of aromatic amines is 4. The molecule has 2 aliphatic rings. The summed E-state index contributed by atoms with van der Waals surface area (Å²) < 4.78 is 0. The van der Waals surface area contributed by atoms with Gasteiger partial charge in [-0.1, -0.05) is 48.2 Å². The van der Waals surface area contributed by atoms with Crippen LogP contribution >= 0.6 is 0 Å². The molecule has 0 saturated carbocycles. The minimum absolute atomic E-state index is 0.148.